The fourth-order valence-electron chi connectivity index (χ4n) is 4.19. The molecule has 0 fully saturated rings. The Kier molecular flexibility index (Phi) is 9.84. The lowest BCUT2D eigenvalue weighted by Crippen LogP contribution is -2.27. The third kappa shape index (κ3) is 8.68. The van der Waals surface area contributed by atoms with Gasteiger partial charge in [-0.2, -0.15) is 0 Å². The monoisotopic (exact) mass is 629 g/mol. The summed E-state index contributed by atoms with van der Waals surface area (Å²) >= 11 is 1.63. The Hall–Kier alpha value is -3.68. The van der Waals surface area contributed by atoms with E-state index in [1.807, 2.05) is 39.3 Å². The first kappa shape index (κ1) is 33.8. The third-order valence-corrected chi connectivity index (χ3v) is 8.13. The van der Waals surface area contributed by atoms with Crippen molar-refractivity contribution in [2.45, 2.75) is 63.8 Å². The van der Waals surface area contributed by atoms with Gasteiger partial charge in [-0.25, -0.2) is 19.2 Å². The molecule has 1 aromatic heterocycles. The number of hydrogen-bond donors (Lipinski definition) is 4. The van der Waals surface area contributed by atoms with Crippen LogP contribution >= 0.6 is 11.8 Å². The Bertz CT molecular complexity index is 1650. The van der Waals surface area contributed by atoms with Crippen LogP contribution in [-0.4, -0.2) is 42.0 Å². The van der Waals surface area contributed by atoms with Crippen molar-refractivity contribution in [2.24, 2.45) is 18.6 Å². The molecule has 0 spiro atoms. The Labute approximate surface area is 259 Å². The molecule has 0 bridgehead atoms. The summed E-state index contributed by atoms with van der Waals surface area (Å²) in [6.07, 6.45) is 4.35. The first-order valence-corrected chi connectivity index (χ1v) is 16.3. The molecule has 0 radical (unpaired) electrons. The molecule has 11 nitrogen and oxygen atoms in total. The van der Waals surface area contributed by atoms with E-state index in [0.717, 1.165) is 22.5 Å². The number of carbonyl (C=O) groups is 1. The summed E-state index contributed by atoms with van der Waals surface area (Å²) in [5, 5.41) is 5.09. The smallest absolute Gasteiger partial charge is 0.255 e. The summed E-state index contributed by atoms with van der Waals surface area (Å²) in [6.45, 7) is 14.2. The minimum absolute atomic E-state index is 0.0171. The number of sulfonamides is 1. The molecule has 0 saturated carbocycles. The van der Waals surface area contributed by atoms with Crippen molar-refractivity contribution in [1.82, 2.24) is 9.55 Å². The number of aromatic nitrogens is 2. The van der Waals surface area contributed by atoms with Gasteiger partial charge in [-0.3, -0.25) is 14.5 Å². The van der Waals surface area contributed by atoms with Crippen molar-refractivity contribution in [3.8, 4) is 5.75 Å². The number of amides is 1. The maximum absolute atomic E-state index is 13.5. The van der Waals surface area contributed by atoms with Crippen molar-refractivity contribution < 1.29 is 17.9 Å². The molecule has 0 atom stereocenters. The topological polar surface area (TPSA) is 158 Å². The zero-order chi connectivity index (χ0) is 32.5. The minimum Gasteiger partial charge on any atom is -0.492 e. The lowest BCUT2D eigenvalue weighted by Gasteiger charge is -2.24. The van der Waals surface area contributed by atoms with E-state index >= 15 is 0 Å². The number of ether oxygens (including phenoxy) is 1. The van der Waals surface area contributed by atoms with Crippen LogP contribution in [0.15, 0.2) is 47.9 Å². The van der Waals surface area contributed by atoms with Crippen molar-refractivity contribution in [1.29, 1.82) is 0 Å². The minimum atomic E-state index is -3.61. The highest BCUT2D eigenvalue weighted by Gasteiger charge is 2.23. The van der Waals surface area contributed by atoms with Crippen LogP contribution in [0.4, 0.5) is 17.1 Å². The molecular formula is C30H43N7O4S2. The van der Waals surface area contributed by atoms with Crippen molar-refractivity contribution >= 4 is 50.5 Å². The average molecular weight is 630 g/mol. The molecule has 234 valence electrons. The molecule has 0 aliphatic carbocycles. The van der Waals surface area contributed by atoms with Gasteiger partial charge in [0.15, 0.2) is 10.9 Å². The number of nitrogens with one attached hydrogen (secondary N) is 2. The number of nitrogens with two attached hydrogens (primary N) is 2. The van der Waals surface area contributed by atoms with E-state index in [1.54, 1.807) is 54.5 Å². The Morgan fingerprint density at radius 1 is 1.12 bits per heavy atom. The molecule has 1 heterocycles. The standard InChI is InChI=1S/C30H43N7O4S2/c1-18-11-12-19(13-24(18)37(32)17-21(31)25-16-33-28(36(25)8)42-30(5,6)7)27(38)34-22-14-20(29(2,3)4)15-23(26(22)41-9)35-43(10,39)40/h11-17,35H,31-32H2,1-10H3,(H,34,38)/b21-17-. The van der Waals surface area contributed by atoms with Crippen LogP contribution in [0.3, 0.4) is 0 Å². The highest BCUT2D eigenvalue weighted by Crippen LogP contribution is 2.39. The first-order valence-electron chi connectivity index (χ1n) is 13.5. The normalized spacial score (nSPS) is 12.7. The van der Waals surface area contributed by atoms with E-state index in [-0.39, 0.29) is 21.6 Å². The van der Waals surface area contributed by atoms with Gasteiger partial charge in [0.25, 0.3) is 5.91 Å². The highest BCUT2D eigenvalue weighted by molar-refractivity contribution is 8.00. The van der Waals surface area contributed by atoms with E-state index < -0.39 is 15.9 Å². The summed E-state index contributed by atoms with van der Waals surface area (Å²) in [5.41, 5.74) is 10.3. The Balaban J connectivity index is 1.96. The second-order valence-electron chi connectivity index (χ2n) is 12.4. The quantitative estimate of drug-likeness (QED) is 0.142. The average Bonchev–Trinajstić information content (AvgIpc) is 3.20. The molecule has 3 aromatic rings. The predicted molar refractivity (Wildman–Crippen MR) is 177 cm³/mol. The molecule has 2 aromatic carbocycles. The van der Waals surface area contributed by atoms with Crippen LogP contribution in [0, 0.1) is 6.92 Å². The van der Waals surface area contributed by atoms with E-state index in [9.17, 15) is 13.2 Å². The maximum Gasteiger partial charge on any atom is 0.255 e. The molecule has 3 rings (SSSR count). The van der Waals surface area contributed by atoms with Gasteiger partial charge in [0.05, 0.1) is 48.0 Å². The molecule has 0 aliphatic heterocycles. The van der Waals surface area contributed by atoms with Crippen LogP contribution < -0.4 is 31.4 Å². The number of anilines is 3. The third-order valence-electron chi connectivity index (χ3n) is 6.37. The number of nitrogens with zero attached hydrogens (tertiary/aromatic N) is 3. The van der Waals surface area contributed by atoms with Crippen molar-refractivity contribution in [2.75, 3.05) is 28.4 Å². The fourth-order valence-corrected chi connectivity index (χ4v) is 5.63. The summed E-state index contributed by atoms with van der Waals surface area (Å²) in [7, 11) is -0.305. The SMILES string of the molecule is COc1c(NC(=O)c2ccc(C)c(N(N)/C=C(\N)c3cnc(SC(C)(C)C)n3C)c2)cc(C(C)(C)C)cc1NS(C)(=O)=O. The van der Waals surface area contributed by atoms with Crippen LogP contribution in [-0.2, 0) is 22.5 Å². The molecule has 0 aliphatic rings. The van der Waals surface area contributed by atoms with Crippen LogP contribution in [0.5, 0.6) is 5.75 Å². The second kappa shape index (κ2) is 12.5. The molecule has 43 heavy (non-hydrogen) atoms. The van der Waals surface area contributed by atoms with Gasteiger partial charge in [0.1, 0.15) is 0 Å². The molecular weight excluding hydrogens is 587 g/mol. The number of hydrazine groups is 1. The summed E-state index contributed by atoms with van der Waals surface area (Å²) in [5.74, 6) is 6.19. The zero-order valence-corrected chi connectivity index (χ0v) is 28.1. The molecule has 0 saturated heterocycles. The number of hydrogen-bond acceptors (Lipinski definition) is 9. The van der Waals surface area contributed by atoms with Crippen LogP contribution in [0.2, 0.25) is 0 Å². The predicted octanol–water partition coefficient (Wildman–Crippen LogP) is 5.19. The number of rotatable bonds is 9. The molecule has 6 N–H and O–H groups in total. The summed E-state index contributed by atoms with van der Waals surface area (Å²) < 4.78 is 34.1. The lowest BCUT2D eigenvalue weighted by molar-refractivity contribution is 0.102. The number of aryl methyl sites for hydroxylation is 1. The van der Waals surface area contributed by atoms with Gasteiger partial charge in [-0.15, -0.1) is 0 Å². The van der Waals surface area contributed by atoms with Crippen molar-refractivity contribution in [3.05, 3.63) is 65.1 Å². The molecule has 1 amide bonds. The van der Waals surface area contributed by atoms with Gasteiger partial charge in [0, 0.05) is 23.6 Å². The van der Waals surface area contributed by atoms with Crippen LogP contribution in [0.25, 0.3) is 5.70 Å². The first-order chi connectivity index (χ1) is 19.7. The number of carbonyl (C=O) groups excluding carboxylic acids is 1. The van der Waals surface area contributed by atoms with Gasteiger partial charge in [-0.1, -0.05) is 59.4 Å². The summed E-state index contributed by atoms with van der Waals surface area (Å²) in [6, 6.07) is 8.61. The van der Waals surface area contributed by atoms with E-state index in [1.165, 1.54) is 12.1 Å². The Morgan fingerprint density at radius 2 is 1.74 bits per heavy atom. The lowest BCUT2D eigenvalue weighted by atomic mass is 9.86. The van der Waals surface area contributed by atoms with Gasteiger partial charge >= 0.3 is 0 Å². The summed E-state index contributed by atoms with van der Waals surface area (Å²) in [4.78, 5) is 18.0. The zero-order valence-electron chi connectivity index (χ0n) is 26.5. The fraction of sp³-hybridized carbons (Fsp3) is 0.400. The maximum atomic E-state index is 13.5. The van der Waals surface area contributed by atoms with E-state index in [0.29, 0.717) is 28.3 Å². The van der Waals surface area contributed by atoms with E-state index in [4.69, 9.17) is 16.3 Å². The number of methoxy groups -OCH3 is 1. The molecule has 13 heteroatoms. The largest absolute Gasteiger partial charge is 0.492 e. The number of imidazole rings is 1. The van der Waals surface area contributed by atoms with Crippen molar-refractivity contribution in [3.63, 3.8) is 0 Å². The highest BCUT2D eigenvalue weighted by atomic mass is 32.2. The number of thioether (sulfide) groups is 1. The van der Waals surface area contributed by atoms with Crippen LogP contribution in [0.1, 0.15) is 68.7 Å². The molecule has 0 unspecified atom stereocenters. The van der Waals surface area contributed by atoms with Gasteiger partial charge < -0.3 is 20.4 Å². The van der Waals surface area contributed by atoms with Gasteiger partial charge in [0.2, 0.25) is 10.0 Å². The Morgan fingerprint density at radius 3 is 2.30 bits per heavy atom. The van der Waals surface area contributed by atoms with Gasteiger partial charge in [-0.05, 0) is 47.7 Å². The number of benzene rings is 2. The van der Waals surface area contributed by atoms with E-state index in [2.05, 4.69) is 35.8 Å². The second-order valence-corrected chi connectivity index (χ2v) is 15.9.